The van der Waals surface area contributed by atoms with Gasteiger partial charge in [0, 0.05) is 29.4 Å². The summed E-state index contributed by atoms with van der Waals surface area (Å²) in [4.78, 5) is 0. The Kier molecular flexibility index (Phi) is 5.06. The highest BCUT2D eigenvalue weighted by molar-refractivity contribution is 6.31. The summed E-state index contributed by atoms with van der Waals surface area (Å²) < 4.78 is 7.33. The third-order valence-corrected chi connectivity index (χ3v) is 4.25. The molecule has 0 aliphatic rings. The van der Waals surface area contributed by atoms with Crippen molar-refractivity contribution < 1.29 is 4.74 Å². The molecule has 0 aliphatic heterocycles. The molecule has 0 fully saturated rings. The van der Waals surface area contributed by atoms with E-state index in [-0.39, 0.29) is 0 Å². The lowest BCUT2D eigenvalue weighted by atomic mass is 10.2. The zero-order chi connectivity index (χ0) is 16.9. The normalized spacial score (nSPS) is 10.6. The fourth-order valence-electron chi connectivity index (χ4n) is 2.52. The molecule has 24 heavy (non-hydrogen) atoms. The Bertz CT molecular complexity index is 815. The van der Waals surface area contributed by atoms with Gasteiger partial charge in [-0.3, -0.25) is 4.68 Å². The number of halogens is 1. The molecule has 0 atom stereocenters. The first kappa shape index (κ1) is 16.4. The Labute approximate surface area is 147 Å². The second-order valence-electron chi connectivity index (χ2n) is 5.69. The van der Waals surface area contributed by atoms with Crippen LogP contribution >= 0.6 is 11.6 Å². The molecule has 1 heterocycles. The van der Waals surface area contributed by atoms with Gasteiger partial charge in [0.25, 0.3) is 0 Å². The van der Waals surface area contributed by atoms with Crippen molar-refractivity contribution >= 4 is 17.3 Å². The molecule has 0 aliphatic carbocycles. The molecule has 3 rings (SSSR count). The van der Waals surface area contributed by atoms with Gasteiger partial charge < -0.3 is 10.1 Å². The Morgan fingerprint density at radius 3 is 2.71 bits per heavy atom. The minimum atomic E-state index is 0.673. The zero-order valence-corrected chi connectivity index (χ0v) is 14.5. The van der Waals surface area contributed by atoms with Crippen molar-refractivity contribution in [3.05, 3.63) is 76.6 Å². The van der Waals surface area contributed by atoms with Crippen LogP contribution in [0.2, 0.25) is 5.02 Å². The summed E-state index contributed by atoms with van der Waals surface area (Å²) >= 11 is 6.14. The minimum Gasteiger partial charge on any atom is -0.495 e. The van der Waals surface area contributed by atoms with E-state index < -0.39 is 0 Å². The molecular formula is C19H20ClN3O. The van der Waals surface area contributed by atoms with Crippen LogP contribution in [0.25, 0.3) is 0 Å². The van der Waals surface area contributed by atoms with Crippen LogP contribution in [-0.4, -0.2) is 16.9 Å². The van der Waals surface area contributed by atoms with E-state index in [1.54, 1.807) is 7.11 Å². The maximum atomic E-state index is 6.14. The van der Waals surface area contributed by atoms with Crippen molar-refractivity contribution in [2.45, 2.75) is 20.0 Å². The molecular weight excluding hydrogens is 322 g/mol. The Morgan fingerprint density at radius 2 is 1.96 bits per heavy atom. The van der Waals surface area contributed by atoms with Crippen molar-refractivity contribution in [1.82, 2.24) is 9.78 Å². The summed E-state index contributed by atoms with van der Waals surface area (Å²) in [5.74, 6) is 0.738. The van der Waals surface area contributed by atoms with Crippen LogP contribution in [0.15, 0.2) is 54.9 Å². The van der Waals surface area contributed by atoms with Crippen LogP contribution in [0.1, 0.15) is 16.7 Å². The molecule has 0 amide bonds. The van der Waals surface area contributed by atoms with Gasteiger partial charge in [-0.2, -0.15) is 5.10 Å². The number of benzene rings is 2. The highest BCUT2D eigenvalue weighted by atomic mass is 35.5. The van der Waals surface area contributed by atoms with Crippen molar-refractivity contribution in [2.24, 2.45) is 0 Å². The predicted octanol–water partition coefficient (Wildman–Crippen LogP) is 4.51. The number of aromatic nitrogens is 2. The second-order valence-corrected chi connectivity index (χ2v) is 6.09. The third-order valence-electron chi connectivity index (χ3n) is 3.84. The summed E-state index contributed by atoms with van der Waals surface area (Å²) in [6.45, 7) is 3.42. The van der Waals surface area contributed by atoms with Crippen LogP contribution in [0.4, 0.5) is 5.69 Å². The first-order chi connectivity index (χ1) is 11.7. The maximum Gasteiger partial charge on any atom is 0.143 e. The number of hydrogen-bond acceptors (Lipinski definition) is 3. The van der Waals surface area contributed by atoms with Crippen molar-refractivity contribution in [3.8, 4) is 5.75 Å². The first-order valence-corrected chi connectivity index (χ1v) is 8.17. The van der Waals surface area contributed by atoms with Crippen molar-refractivity contribution in [3.63, 3.8) is 0 Å². The fourth-order valence-corrected chi connectivity index (χ4v) is 2.68. The van der Waals surface area contributed by atoms with Crippen LogP contribution in [0.3, 0.4) is 0 Å². The largest absolute Gasteiger partial charge is 0.495 e. The molecule has 0 saturated carbocycles. The number of nitrogens with one attached hydrogen (secondary N) is 1. The van der Waals surface area contributed by atoms with Gasteiger partial charge in [-0.1, -0.05) is 41.9 Å². The lowest BCUT2D eigenvalue weighted by Crippen LogP contribution is -2.02. The highest BCUT2D eigenvalue weighted by Crippen LogP contribution is 2.31. The summed E-state index contributed by atoms with van der Waals surface area (Å²) in [5.41, 5.74) is 4.28. The first-order valence-electron chi connectivity index (χ1n) is 7.79. The van der Waals surface area contributed by atoms with E-state index in [0.29, 0.717) is 11.6 Å². The van der Waals surface area contributed by atoms with Gasteiger partial charge in [0.15, 0.2) is 0 Å². The molecule has 5 heteroatoms. The number of ether oxygens (including phenoxy) is 1. The van der Waals surface area contributed by atoms with Gasteiger partial charge >= 0.3 is 0 Å². The molecule has 1 N–H and O–H groups in total. The Balaban J connectivity index is 1.66. The molecule has 0 bridgehead atoms. The average molecular weight is 342 g/mol. The number of hydrogen-bond donors (Lipinski definition) is 1. The smallest absolute Gasteiger partial charge is 0.143 e. The molecule has 3 aromatic rings. The van der Waals surface area contributed by atoms with E-state index >= 15 is 0 Å². The van der Waals surface area contributed by atoms with E-state index in [9.17, 15) is 0 Å². The molecule has 1 aromatic heterocycles. The number of rotatable bonds is 6. The standard InChI is InChI=1S/C19H20ClN3O/c1-14-8-18(19(24-2)9-17(14)20)21-10-16-11-22-23(13-16)12-15-6-4-3-5-7-15/h3-9,11,13,21H,10,12H2,1-2H3. The average Bonchev–Trinajstić information content (AvgIpc) is 3.04. The molecule has 0 radical (unpaired) electrons. The summed E-state index contributed by atoms with van der Waals surface area (Å²) in [6.07, 6.45) is 3.93. The maximum absolute atomic E-state index is 6.14. The van der Waals surface area contributed by atoms with Gasteiger partial charge in [0.1, 0.15) is 5.75 Å². The number of aryl methyl sites for hydroxylation is 1. The molecule has 0 spiro atoms. The zero-order valence-electron chi connectivity index (χ0n) is 13.8. The summed E-state index contributed by atoms with van der Waals surface area (Å²) in [5, 5.41) is 8.51. The monoisotopic (exact) mass is 341 g/mol. The molecule has 124 valence electrons. The van der Waals surface area contributed by atoms with E-state index in [1.807, 2.05) is 48.1 Å². The quantitative estimate of drug-likeness (QED) is 0.716. The third kappa shape index (κ3) is 3.89. The van der Waals surface area contributed by atoms with Crippen LogP contribution in [0.5, 0.6) is 5.75 Å². The van der Waals surface area contributed by atoms with Crippen molar-refractivity contribution in [1.29, 1.82) is 0 Å². The van der Waals surface area contributed by atoms with E-state index in [0.717, 1.165) is 29.1 Å². The molecule has 2 aromatic carbocycles. The van der Waals surface area contributed by atoms with E-state index in [1.165, 1.54) is 5.56 Å². The van der Waals surface area contributed by atoms with Gasteiger partial charge in [-0.25, -0.2) is 0 Å². The molecule has 4 nitrogen and oxygen atoms in total. The van der Waals surface area contributed by atoms with Crippen molar-refractivity contribution in [2.75, 3.05) is 12.4 Å². The van der Waals surface area contributed by atoms with Gasteiger partial charge in [0.05, 0.1) is 25.5 Å². The second kappa shape index (κ2) is 7.41. The predicted molar refractivity (Wildman–Crippen MR) is 97.8 cm³/mol. The number of methoxy groups -OCH3 is 1. The minimum absolute atomic E-state index is 0.673. The van der Waals surface area contributed by atoms with Gasteiger partial charge in [-0.15, -0.1) is 0 Å². The van der Waals surface area contributed by atoms with Gasteiger partial charge in [0.2, 0.25) is 0 Å². The highest BCUT2D eigenvalue weighted by Gasteiger charge is 2.07. The van der Waals surface area contributed by atoms with Crippen LogP contribution in [-0.2, 0) is 13.1 Å². The summed E-state index contributed by atoms with van der Waals surface area (Å²) in [6, 6.07) is 14.1. The Morgan fingerprint density at radius 1 is 1.17 bits per heavy atom. The SMILES string of the molecule is COc1cc(Cl)c(C)cc1NCc1cnn(Cc2ccccc2)c1. The Hall–Kier alpha value is -2.46. The van der Waals surface area contributed by atoms with Gasteiger partial charge in [-0.05, 0) is 24.1 Å². The fraction of sp³-hybridized carbons (Fsp3) is 0.211. The number of anilines is 1. The topological polar surface area (TPSA) is 39.1 Å². The van der Waals surface area contributed by atoms with E-state index in [2.05, 4.69) is 28.7 Å². The lowest BCUT2D eigenvalue weighted by Gasteiger charge is -2.12. The van der Waals surface area contributed by atoms with Crippen LogP contribution in [0, 0.1) is 6.92 Å². The molecule has 0 unspecified atom stereocenters. The lowest BCUT2D eigenvalue weighted by molar-refractivity contribution is 0.416. The summed E-state index contributed by atoms with van der Waals surface area (Å²) in [7, 11) is 1.64. The van der Waals surface area contributed by atoms with Crippen LogP contribution < -0.4 is 10.1 Å². The van der Waals surface area contributed by atoms with E-state index in [4.69, 9.17) is 16.3 Å². The molecule has 0 saturated heterocycles. The number of nitrogens with zero attached hydrogens (tertiary/aromatic N) is 2.